The highest BCUT2D eigenvalue weighted by Gasteiger charge is 2.21. The molecule has 0 saturated carbocycles. The van der Waals surface area contributed by atoms with E-state index in [1.165, 1.54) is 0 Å². The summed E-state index contributed by atoms with van der Waals surface area (Å²) < 4.78 is 0. The van der Waals surface area contributed by atoms with Crippen molar-refractivity contribution in [1.82, 2.24) is 5.32 Å². The third-order valence-electron chi connectivity index (χ3n) is 2.56. The van der Waals surface area contributed by atoms with E-state index >= 15 is 0 Å². The number of ketones is 1. The summed E-state index contributed by atoms with van der Waals surface area (Å²) >= 11 is 3.14. The highest BCUT2D eigenvalue weighted by molar-refractivity contribution is 9.09. The fourth-order valence-electron chi connectivity index (χ4n) is 1.72. The summed E-state index contributed by atoms with van der Waals surface area (Å²) in [5.41, 5.74) is 2.36. The lowest BCUT2D eigenvalue weighted by Gasteiger charge is -2.24. The number of rotatable bonds is 2. The average Bonchev–Trinajstić information content (AvgIpc) is 2.27. The third kappa shape index (κ3) is 1.95. The second-order valence-electron chi connectivity index (χ2n) is 3.68. The maximum absolute atomic E-state index is 11.5. The molecule has 0 radical (unpaired) electrons. The van der Waals surface area contributed by atoms with Crippen LogP contribution in [0.15, 0.2) is 18.2 Å². The van der Waals surface area contributed by atoms with Crippen molar-refractivity contribution >= 4 is 33.4 Å². The molecule has 2 rings (SSSR count). The quantitative estimate of drug-likeness (QED) is 0.647. The Morgan fingerprint density at radius 3 is 2.94 bits per heavy atom. The van der Waals surface area contributed by atoms with Crippen LogP contribution in [-0.4, -0.2) is 17.1 Å². The van der Waals surface area contributed by atoms with Gasteiger partial charge in [-0.05, 0) is 30.7 Å². The molecule has 1 heterocycles. The smallest absolute Gasteiger partial charge is 0.319 e. The number of carbonyl (C=O) groups excluding carboxylic acids is 2. The summed E-state index contributed by atoms with van der Waals surface area (Å²) in [5.74, 6) is 0.0342. The van der Waals surface area contributed by atoms with Gasteiger partial charge in [0.1, 0.15) is 0 Å². The van der Waals surface area contributed by atoms with Gasteiger partial charge in [0.2, 0.25) is 0 Å². The first-order valence-corrected chi connectivity index (χ1v) is 6.04. The molecule has 1 unspecified atom stereocenters. The second kappa shape index (κ2) is 4.25. The predicted octanol–water partition coefficient (Wildman–Crippen LogP) is 2.46. The first-order valence-electron chi connectivity index (χ1n) is 4.92. The van der Waals surface area contributed by atoms with Gasteiger partial charge in [0.15, 0.2) is 5.78 Å². The average molecular weight is 283 g/mol. The number of Topliss-reactive ketones (excluding diaryl/α,β-unsaturated/α-hetero) is 1. The van der Waals surface area contributed by atoms with E-state index in [0.717, 1.165) is 11.3 Å². The van der Waals surface area contributed by atoms with Crippen LogP contribution in [0.2, 0.25) is 0 Å². The van der Waals surface area contributed by atoms with Crippen LogP contribution in [0.4, 0.5) is 10.5 Å². The molecular weight excluding hydrogens is 272 g/mol. The Morgan fingerprint density at radius 2 is 2.25 bits per heavy atom. The van der Waals surface area contributed by atoms with Crippen molar-refractivity contribution in [2.24, 2.45) is 0 Å². The van der Waals surface area contributed by atoms with Crippen LogP contribution in [0.3, 0.4) is 0 Å². The molecule has 16 heavy (non-hydrogen) atoms. The van der Waals surface area contributed by atoms with Gasteiger partial charge in [-0.1, -0.05) is 15.9 Å². The number of hydrogen-bond donors (Lipinski definition) is 2. The summed E-state index contributed by atoms with van der Waals surface area (Å²) in [7, 11) is 0. The summed E-state index contributed by atoms with van der Waals surface area (Å²) in [4.78, 5) is 22.7. The van der Waals surface area contributed by atoms with E-state index in [-0.39, 0.29) is 17.9 Å². The Morgan fingerprint density at radius 1 is 1.50 bits per heavy atom. The van der Waals surface area contributed by atoms with Crippen molar-refractivity contribution in [3.8, 4) is 0 Å². The molecule has 0 bridgehead atoms. The SMILES string of the molecule is CC1NC(=O)Nc2ccc(C(=O)CBr)cc21. The number of hydrogen-bond acceptors (Lipinski definition) is 2. The van der Waals surface area contributed by atoms with E-state index in [1.54, 1.807) is 12.1 Å². The minimum Gasteiger partial charge on any atom is -0.331 e. The van der Waals surface area contributed by atoms with Crippen LogP contribution in [-0.2, 0) is 0 Å². The van der Waals surface area contributed by atoms with Crippen LogP contribution in [0.25, 0.3) is 0 Å². The molecule has 1 aromatic rings. The maximum atomic E-state index is 11.5. The van der Waals surface area contributed by atoms with Gasteiger partial charge < -0.3 is 10.6 Å². The van der Waals surface area contributed by atoms with Crippen LogP contribution < -0.4 is 10.6 Å². The van der Waals surface area contributed by atoms with Gasteiger partial charge in [-0.15, -0.1) is 0 Å². The Kier molecular flexibility index (Phi) is 2.96. The lowest BCUT2D eigenvalue weighted by Crippen LogP contribution is -2.36. The van der Waals surface area contributed by atoms with Crippen molar-refractivity contribution in [2.75, 3.05) is 10.6 Å². The predicted molar refractivity (Wildman–Crippen MR) is 65.1 cm³/mol. The number of benzene rings is 1. The summed E-state index contributed by atoms with van der Waals surface area (Å²) in [6.07, 6.45) is 0. The molecule has 4 nitrogen and oxygen atoms in total. The minimum atomic E-state index is -0.209. The van der Waals surface area contributed by atoms with E-state index in [1.807, 2.05) is 13.0 Å². The molecule has 1 aliphatic heterocycles. The second-order valence-corrected chi connectivity index (χ2v) is 4.24. The highest BCUT2D eigenvalue weighted by Crippen LogP contribution is 2.27. The van der Waals surface area contributed by atoms with E-state index < -0.39 is 0 Å². The van der Waals surface area contributed by atoms with Gasteiger partial charge in [0.25, 0.3) is 0 Å². The van der Waals surface area contributed by atoms with Gasteiger partial charge in [-0.2, -0.15) is 0 Å². The number of anilines is 1. The van der Waals surface area contributed by atoms with E-state index in [4.69, 9.17) is 0 Å². The number of halogens is 1. The Labute approximate surface area is 102 Å². The maximum Gasteiger partial charge on any atom is 0.319 e. The van der Waals surface area contributed by atoms with Gasteiger partial charge >= 0.3 is 6.03 Å². The van der Waals surface area contributed by atoms with Crippen molar-refractivity contribution < 1.29 is 9.59 Å². The molecule has 1 aromatic carbocycles. The Hall–Kier alpha value is -1.36. The first-order chi connectivity index (χ1) is 7.61. The van der Waals surface area contributed by atoms with Crippen molar-refractivity contribution in [3.05, 3.63) is 29.3 Å². The molecule has 0 spiro atoms. The largest absolute Gasteiger partial charge is 0.331 e. The van der Waals surface area contributed by atoms with E-state index in [2.05, 4.69) is 26.6 Å². The molecule has 0 aromatic heterocycles. The molecular formula is C11H11BrN2O2. The molecule has 2 N–H and O–H groups in total. The Balaban J connectivity index is 2.42. The highest BCUT2D eigenvalue weighted by atomic mass is 79.9. The van der Waals surface area contributed by atoms with Crippen LogP contribution in [0.5, 0.6) is 0 Å². The van der Waals surface area contributed by atoms with Gasteiger partial charge in [-0.3, -0.25) is 4.79 Å². The fraction of sp³-hybridized carbons (Fsp3) is 0.273. The van der Waals surface area contributed by atoms with Crippen LogP contribution in [0, 0.1) is 0 Å². The van der Waals surface area contributed by atoms with Gasteiger partial charge in [-0.25, -0.2) is 4.79 Å². The summed E-state index contributed by atoms with van der Waals surface area (Å²) in [6, 6.07) is 5.02. The van der Waals surface area contributed by atoms with Crippen LogP contribution in [0.1, 0.15) is 28.9 Å². The molecule has 0 saturated heterocycles. The van der Waals surface area contributed by atoms with Gasteiger partial charge in [0.05, 0.1) is 11.4 Å². The number of fused-ring (bicyclic) bond motifs is 1. The summed E-state index contributed by atoms with van der Waals surface area (Å²) in [6.45, 7) is 1.89. The standard InChI is InChI=1S/C11H11BrN2O2/c1-6-8-4-7(10(15)5-12)2-3-9(8)14-11(16)13-6/h2-4,6H,5H2,1H3,(H2,13,14,16). The summed E-state index contributed by atoms with van der Waals surface area (Å²) in [5, 5.41) is 5.75. The van der Waals surface area contributed by atoms with E-state index in [0.29, 0.717) is 10.9 Å². The molecule has 84 valence electrons. The molecule has 1 aliphatic rings. The van der Waals surface area contributed by atoms with Gasteiger partial charge in [0, 0.05) is 11.3 Å². The molecule has 5 heteroatoms. The number of carbonyl (C=O) groups is 2. The minimum absolute atomic E-state index is 0.0342. The first kappa shape index (κ1) is 11.1. The monoisotopic (exact) mass is 282 g/mol. The zero-order valence-electron chi connectivity index (χ0n) is 8.71. The van der Waals surface area contributed by atoms with E-state index in [9.17, 15) is 9.59 Å². The normalized spacial score (nSPS) is 18.4. The lowest BCUT2D eigenvalue weighted by atomic mass is 10.00. The number of nitrogens with one attached hydrogen (secondary N) is 2. The zero-order chi connectivity index (χ0) is 11.7. The lowest BCUT2D eigenvalue weighted by molar-refractivity contribution is 0.102. The third-order valence-corrected chi connectivity index (χ3v) is 3.07. The Bertz CT molecular complexity index is 459. The molecule has 2 amide bonds. The number of alkyl halides is 1. The fourth-order valence-corrected chi connectivity index (χ4v) is 2.04. The number of amides is 2. The molecule has 1 atom stereocenters. The topological polar surface area (TPSA) is 58.2 Å². The molecule has 0 aliphatic carbocycles. The molecule has 0 fully saturated rings. The van der Waals surface area contributed by atoms with Crippen molar-refractivity contribution in [2.45, 2.75) is 13.0 Å². The van der Waals surface area contributed by atoms with Crippen molar-refractivity contribution in [3.63, 3.8) is 0 Å². The van der Waals surface area contributed by atoms with Crippen LogP contribution >= 0.6 is 15.9 Å². The van der Waals surface area contributed by atoms with Crippen molar-refractivity contribution in [1.29, 1.82) is 0 Å². The zero-order valence-corrected chi connectivity index (χ0v) is 10.3. The number of urea groups is 1.